The number of hydrogen-bond donors (Lipinski definition) is 2. The van der Waals surface area contributed by atoms with Crippen LogP contribution in [0.4, 0.5) is 9.18 Å². The van der Waals surface area contributed by atoms with Gasteiger partial charge in [0.25, 0.3) is 0 Å². The van der Waals surface area contributed by atoms with Gasteiger partial charge in [0.2, 0.25) is 0 Å². The van der Waals surface area contributed by atoms with Crippen LogP contribution in [0.5, 0.6) is 0 Å². The molecule has 0 saturated heterocycles. The van der Waals surface area contributed by atoms with Gasteiger partial charge in [0.05, 0.1) is 6.61 Å². The number of rotatable bonds is 5. The Hall–Kier alpha value is -1.33. The van der Waals surface area contributed by atoms with Crippen LogP contribution in [0.1, 0.15) is 32.6 Å². The number of ether oxygens (including phenoxy) is 1. The summed E-state index contributed by atoms with van der Waals surface area (Å²) in [6, 6.07) is -0.172. The second kappa shape index (κ2) is 7.89. The molecule has 1 rings (SSSR count). The summed E-state index contributed by atoms with van der Waals surface area (Å²) < 4.78 is 16.8. The Morgan fingerprint density at radius 3 is 2.50 bits per heavy atom. The van der Waals surface area contributed by atoms with Crippen molar-refractivity contribution in [2.24, 2.45) is 5.92 Å². The third-order valence-electron chi connectivity index (χ3n) is 3.08. The number of halogens is 1. The number of esters is 1. The summed E-state index contributed by atoms with van der Waals surface area (Å²) in [5, 5.41) is 5.25. The summed E-state index contributed by atoms with van der Waals surface area (Å²) in [5.74, 6) is 0.140. The van der Waals surface area contributed by atoms with Gasteiger partial charge in [-0.25, -0.2) is 9.18 Å². The monoisotopic (exact) mass is 260 g/mol. The smallest absolute Gasteiger partial charge is 0.315 e. The zero-order valence-electron chi connectivity index (χ0n) is 10.7. The molecule has 1 aliphatic carbocycles. The van der Waals surface area contributed by atoms with E-state index in [1.54, 1.807) is 0 Å². The molecule has 0 radical (unpaired) electrons. The third kappa shape index (κ3) is 5.84. The van der Waals surface area contributed by atoms with E-state index in [9.17, 15) is 14.0 Å². The second-order valence-electron chi connectivity index (χ2n) is 4.61. The van der Waals surface area contributed by atoms with Crippen LogP contribution in [0, 0.1) is 5.92 Å². The first kappa shape index (κ1) is 14.7. The van der Waals surface area contributed by atoms with Crippen molar-refractivity contribution in [2.45, 2.75) is 38.6 Å². The van der Waals surface area contributed by atoms with E-state index >= 15 is 0 Å². The summed E-state index contributed by atoms with van der Waals surface area (Å²) in [6.07, 6.45) is 3.60. The summed E-state index contributed by atoms with van der Waals surface area (Å²) in [6.45, 7) is 1.37. The normalized spacial score (nSPS) is 23.2. The molecular weight excluding hydrogens is 239 g/mol. The van der Waals surface area contributed by atoms with Crippen LogP contribution in [-0.2, 0) is 9.53 Å². The number of nitrogens with one attached hydrogen (secondary N) is 2. The first-order chi connectivity index (χ1) is 8.61. The lowest BCUT2D eigenvalue weighted by atomic mass is 9.86. The lowest BCUT2D eigenvalue weighted by Crippen LogP contribution is -2.44. The Bertz CT molecular complexity index is 278. The molecule has 0 unspecified atom stereocenters. The van der Waals surface area contributed by atoms with E-state index in [1.165, 1.54) is 6.92 Å². The van der Waals surface area contributed by atoms with Gasteiger partial charge >= 0.3 is 12.0 Å². The first-order valence-corrected chi connectivity index (χ1v) is 6.35. The highest BCUT2D eigenvalue weighted by Gasteiger charge is 2.22. The van der Waals surface area contributed by atoms with E-state index in [2.05, 4.69) is 10.6 Å². The number of carbonyl (C=O) groups is 2. The molecule has 0 aromatic rings. The van der Waals surface area contributed by atoms with Gasteiger partial charge in [-0.05, 0) is 31.6 Å². The first-order valence-electron chi connectivity index (χ1n) is 6.35. The molecule has 0 aromatic carbocycles. The van der Waals surface area contributed by atoms with Gasteiger partial charge in [-0.15, -0.1) is 0 Å². The predicted molar refractivity (Wildman–Crippen MR) is 64.9 cm³/mol. The maximum absolute atomic E-state index is 11.8. The fraction of sp³-hybridized carbons (Fsp3) is 0.833. The van der Waals surface area contributed by atoms with E-state index in [0.29, 0.717) is 12.5 Å². The van der Waals surface area contributed by atoms with E-state index in [0.717, 1.165) is 25.7 Å². The molecule has 2 N–H and O–H groups in total. The van der Waals surface area contributed by atoms with Crippen LogP contribution in [0.3, 0.4) is 0 Å². The van der Waals surface area contributed by atoms with Crippen molar-refractivity contribution in [3.63, 3.8) is 0 Å². The summed E-state index contributed by atoms with van der Waals surface area (Å²) in [4.78, 5) is 22.0. The molecule has 6 heteroatoms. The number of alkyl halides is 1. The lowest BCUT2D eigenvalue weighted by Gasteiger charge is -2.28. The van der Waals surface area contributed by atoms with Crippen LogP contribution in [-0.4, -0.2) is 37.9 Å². The average molecular weight is 260 g/mol. The Labute approximate surface area is 106 Å². The van der Waals surface area contributed by atoms with Gasteiger partial charge in [-0.2, -0.15) is 0 Å². The van der Waals surface area contributed by atoms with Gasteiger partial charge in [-0.1, -0.05) is 0 Å². The zero-order chi connectivity index (χ0) is 13.4. The SMILES string of the molecule is CC(=O)OCC1CCC(NC(=O)NCCF)CC1. The molecule has 0 heterocycles. The van der Waals surface area contributed by atoms with Gasteiger partial charge < -0.3 is 15.4 Å². The fourth-order valence-electron chi connectivity index (χ4n) is 2.11. The number of amides is 2. The van der Waals surface area contributed by atoms with Crippen LogP contribution in [0.25, 0.3) is 0 Å². The van der Waals surface area contributed by atoms with E-state index in [1.807, 2.05) is 0 Å². The minimum absolute atomic E-state index is 0.0492. The Kier molecular flexibility index (Phi) is 6.46. The molecule has 1 fully saturated rings. The molecule has 2 amide bonds. The van der Waals surface area contributed by atoms with E-state index in [-0.39, 0.29) is 24.6 Å². The topological polar surface area (TPSA) is 67.4 Å². The molecule has 0 bridgehead atoms. The number of urea groups is 1. The Morgan fingerprint density at radius 1 is 1.28 bits per heavy atom. The van der Waals surface area contributed by atoms with Gasteiger partial charge in [0, 0.05) is 19.5 Å². The van der Waals surface area contributed by atoms with E-state index < -0.39 is 6.67 Å². The highest BCUT2D eigenvalue weighted by atomic mass is 19.1. The molecule has 18 heavy (non-hydrogen) atoms. The molecule has 0 spiro atoms. The van der Waals surface area contributed by atoms with Crippen molar-refractivity contribution in [1.29, 1.82) is 0 Å². The molecule has 0 aromatic heterocycles. The highest BCUT2D eigenvalue weighted by molar-refractivity contribution is 5.74. The molecule has 0 atom stereocenters. The van der Waals surface area contributed by atoms with Crippen molar-refractivity contribution in [2.75, 3.05) is 19.8 Å². The molecule has 1 aliphatic rings. The molecule has 5 nitrogen and oxygen atoms in total. The van der Waals surface area contributed by atoms with Crippen LogP contribution in [0.2, 0.25) is 0 Å². The van der Waals surface area contributed by atoms with Crippen molar-refractivity contribution in [3.8, 4) is 0 Å². The second-order valence-corrected chi connectivity index (χ2v) is 4.61. The predicted octanol–water partition coefficient (Wildman–Crippen LogP) is 1.38. The number of carbonyl (C=O) groups excluding carboxylic acids is 2. The van der Waals surface area contributed by atoms with Crippen LogP contribution < -0.4 is 10.6 Å². The zero-order valence-corrected chi connectivity index (χ0v) is 10.7. The Balaban J connectivity index is 2.14. The van der Waals surface area contributed by atoms with Gasteiger partial charge in [0.1, 0.15) is 6.67 Å². The van der Waals surface area contributed by atoms with Crippen molar-refractivity contribution < 1.29 is 18.7 Å². The molecule has 104 valence electrons. The fourth-order valence-corrected chi connectivity index (χ4v) is 2.11. The molecular formula is C12H21FN2O3. The largest absolute Gasteiger partial charge is 0.466 e. The minimum atomic E-state index is -0.553. The highest BCUT2D eigenvalue weighted by Crippen LogP contribution is 2.24. The summed E-state index contributed by atoms with van der Waals surface area (Å²) in [5.41, 5.74) is 0. The molecule has 1 saturated carbocycles. The van der Waals surface area contributed by atoms with Crippen molar-refractivity contribution in [3.05, 3.63) is 0 Å². The lowest BCUT2D eigenvalue weighted by molar-refractivity contribution is -0.142. The minimum Gasteiger partial charge on any atom is -0.466 e. The van der Waals surface area contributed by atoms with Crippen LogP contribution >= 0.6 is 0 Å². The standard InChI is InChI=1S/C12H21FN2O3/c1-9(16)18-8-10-2-4-11(5-3-10)15-12(17)14-7-6-13/h10-11H,2-8H2,1H3,(H2,14,15,17). The average Bonchev–Trinajstić information content (AvgIpc) is 2.35. The van der Waals surface area contributed by atoms with E-state index in [4.69, 9.17) is 4.74 Å². The van der Waals surface area contributed by atoms with Crippen LogP contribution in [0.15, 0.2) is 0 Å². The maximum atomic E-state index is 11.8. The Morgan fingerprint density at radius 2 is 1.94 bits per heavy atom. The molecule has 0 aliphatic heterocycles. The van der Waals surface area contributed by atoms with Gasteiger partial charge in [-0.3, -0.25) is 4.79 Å². The van der Waals surface area contributed by atoms with Gasteiger partial charge in [0.15, 0.2) is 0 Å². The summed E-state index contributed by atoms with van der Waals surface area (Å²) >= 11 is 0. The van der Waals surface area contributed by atoms with Crippen molar-refractivity contribution in [1.82, 2.24) is 10.6 Å². The third-order valence-corrected chi connectivity index (χ3v) is 3.08. The number of hydrogen-bond acceptors (Lipinski definition) is 3. The summed E-state index contributed by atoms with van der Waals surface area (Å²) in [7, 11) is 0. The quantitative estimate of drug-likeness (QED) is 0.734. The van der Waals surface area contributed by atoms with Crippen molar-refractivity contribution >= 4 is 12.0 Å². The maximum Gasteiger partial charge on any atom is 0.315 e.